The molecule has 0 bridgehead atoms. The lowest BCUT2D eigenvalue weighted by Gasteiger charge is -2.18. The molecule has 0 aliphatic heterocycles. The van der Waals surface area contributed by atoms with Crippen LogP contribution in [-0.2, 0) is 13.0 Å². The molecule has 0 aliphatic rings. The van der Waals surface area contributed by atoms with Crippen LogP contribution in [0.3, 0.4) is 0 Å². The highest BCUT2D eigenvalue weighted by Gasteiger charge is 2.07. The maximum atomic E-state index is 4.64. The summed E-state index contributed by atoms with van der Waals surface area (Å²) in [7, 11) is 0. The van der Waals surface area contributed by atoms with Crippen molar-refractivity contribution >= 4 is 41.3 Å². The van der Waals surface area contributed by atoms with Crippen LogP contribution in [0.2, 0.25) is 0 Å². The Balaban J connectivity index is 0.00000264. The highest BCUT2D eigenvalue weighted by molar-refractivity contribution is 14.0. The van der Waals surface area contributed by atoms with Crippen molar-refractivity contribution < 1.29 is 0 Å². The topological polar surface area (TPSA) is 49.3 Å². The smallest absolute Gasteiger partial charge is 0.192 e. The summed E-state index contributed by atoms with van der Waals surface area (Å²) in [5.74, 6) is 0.826. The quantitative estimate of drug-likeness (QED) is 0.400. The molecule has 1 aromatic heterocycles. The van der Waals surface area contributed by atoms with E-state index >= 15 is 0 Å². The number of hydrogen-bond acceptors (Lipinski definition) is 3. The molecule has 0 saturated heterocycles. The second-order valence-electron chi connectivity index (χ2n) is 5.05. The SMILES string of the molecule is CCNC(=NCc1ncc(CC)s1)NC(C)c1ccccc1.I. The number of nitrogens with one attached hydrogen (secondary N) is 2. The summed E-state index contributed by atoms with van der Waals surface area (Å²) in [6.45, 7) is 7.81. The molecule has 0 aliphatic carbocycles. The second kappa shape index (κ2) is 10.6. The van der Waals surface area contributed by atoms with Gasteiger partial charge in [-0.1, -0.05) is 37.3 Å². The molecule has 2 N–H and O–H groups in total. The number of halogens is 1. The number of thiazole rings is 1. The van der Waals surface area contributed by atoms with Crippen LogP contribution in [0.5, 0.6) is 0 Å². The zero-order valence-electron chi connectivity index (χ0n) is 13.9. The Morgan fingerprint density at radius 2 is 2.00 bits per heavy atom. The first-order chi connectivity index (χ1) is 10.7. The molecule has 23 heavy (non-hydrogen) atoms. The van der Waals surface area contributed by atoms with Gasteiger partial charge in [0, 0.05) is 17.6 Å². The summed E-state index contributed by atoms with van der Waals surface area (Å²) in [5.41, 5.74) is 1.25. The number of rotatable bonds is 6. The zero-order valence-corrected chi connectivity index (χ0v) is 17.0. The minimum atomic E-state index is 0. The number of nitrogens with zero attached hydrogens (tertiary/aromatic N) is 2. The van der Waals surface area contributed by atoms with Gasteiger partial charge in [0.05, 0.1) is 12.6 Å². The molecule has 0 spiro atoms. The number of aromatic nitrogens is 1. The van der Waals surface area contributed by atoms with E-state index < -0.39 is 0 Å². The molecule has 0 saturated carbocycles. The molecule has 1 heterocycles. The van der Waals surface area contributed by atoms with Crippen molar-refractivity contribution in [2.75, 3.05) is 6.54 Å². The minimum Gasteiger partial charge on any atom is -0.357 e. The Bertz CT molecular complexity index is 598. The van der Waals surface area contributed by atoms with E-state index in [9.17, 15) is 0 Å². The predicted octanol–water partition coefficient (Wildman–Crippen LogP) is 4.14. The Hall–Kier alpha value is -1.15. The molecular weight excluding hydrogens is 419 g/mol. The van der Waals surface area contributed by atoms with Crippen LogP contribution in [0.25, 0.3) is 0 Å². The first-order valence-electron chi connectivity index (χ1n) is 7.76. The number of aryl methyl sites for hydroxylation is 1. The third-order valence-electron chi connectivity index (χ3n) is 3.32. The molecular formula is C17H25IN4S. The molecule has 0 fully saturated rings. The van der Waals surface area contributed by atoms with Crippen molar-refractivity contribution in [1.29, 1.82) is 0 Å². The fourth-order valence-corrected chi connectivity index (χ4v) is 2.87. The van der Waals surface area contributed by atoms with E-state index in [4.69, 9.17) is 0 Å². The van der Waals surface area contributed by atoms with Crippen molar-refractivity contribution in [3.8, 4) is 0 Å². The molecule has 126 valence electrons. The van der Waals surface area contributed by atoms with Crippen LogP contribution in [0, 0.1) is 0 Å². The Morgan fingerprint density at radius 1 is 1.26 bits per heavy atom. The normalized spacial score (nSPS) is 12.4. The highest BCUT2D eigenvalue weighted by Crippen LogP contribution is 2.14. The molecule has 1 unspecified atom stereocenters. The van der Waals surface area contributed by atoms with Crippen molar-refractivity contribution in [3.63, 3.8) is 0 Å². The van der Waals surface area contributed by atoms with Crippen LogP contribution in [0.1, 0.15) is 42.3 Å². The van der Waals surface area contributed by atoms with Gasteiger partial charge in [0.15, 0.2) is 5.96 Å². The standard InChI is InChI=1S/C17H24N4S.HI/c1-4-15-11-19-16(22-15)12-20-17(18-5-2)21-13(3)14-9-7-6-8-10-14;/h6-11,13H,4-5,12H2,1-3H3,(H2,18,20,21);1H. The van der Waals surface area contributed by atoms with Crippen molar-refractivity contribution in [1.82, 2.24) is 15.6 Å². The monoisotopic (exact) mass is 444 g/mol. The van der Waals surface area contributed by atoms with Gasteiger partial charge in [0.2, 0.25) is 0 Å². The van der Waals surface area contributed by atoms with E-state index in [1.165, 1.54) is 10.4 Å². The Morgan fingerprint density at radius 3 is 2.61 bits per heavy atom. The van der Waals surface area contributed by atoms with Crippen LogP contribution >= 0.6 is 35.3 Å². The van der Waals surface area contributed by atoms with Gasteiger partial charge in [-0.3, -0.25) is 0 Å². The summed E-state index contributed by atoms with van der Waals surface area (Å²) in [6.07, 6.45) is 2.98. The second-order valence-corrected chi connectivity index (χ2v) is 6.25. The van der Waals surface area contributed by atoms with Gasteiger partial charge in [0.1, 0.15) is 5.01 Å². The maximum absolute atomic E-state index is 4.64. The largest absolute Gasteiger partial charge is 0.357 e. The molecule has 1 aromatic carbocycles. The minimum absolute atomic E-state index is 0. The third-order valence-corrected chi connectivity index (χ3v) is 4.45. The van der Waals surface area contributed by atoms with Gasteiger partial charge in [-0.15, -0.1) is 35.3 Å². The fraction of sp³-hybridized carbons (Fsp3) is 0.412. The van der Waals surface area contributed by atoms with Crippen LogP contribution in [-0.4, -0.2) is 17.5 Å². The molecule has 6 heteroatoms. The lowest BCUT2D eigenvalue weighted by molar-refractivity contribution is 0.686. The van der Waals surface area contributed by atoms with Gasteiger partial charge in [0.25, 0.3) is 0 Å². The predicted molar refractivity (Wildman–Crippen MR) is 110 cm³/mol. The van der Waals surface area contributed by atoms with E-state index in [0.717, 1.165) is 23.9 Å². The van der Waals surface area contributed by atoms with Gasteiger partial charge in [-0.05, 0) is 25.8 Å². The van der Waals surface area contributed by atoms with Crippen LogP contribution < -0.4 is 10.6 Å². The van der Waals surface area contributed by atoms with Gasteiger partial charge < -0.3 is 10.6 Å². The number of aliphatic imine (C=N–C) groups is 1. The van der Waals surface area contributed by atoms with Crippen LogP contribution in [0.4, 0.5) is 0 Å². The third kappa shape index (κ3) is 6.47. The number of guanidine groups is 1. The van der Waals surface area contributed by atoms with Gasteiger partial charge in [-0.25, -0.2) is 9.98 Å². The maximum Gasteiger partial charge on any atom is 0.192 e. The molecule has 2 aromatic rings. The van der Waals surface area contributed by atoms with Crippen molar-refractivity contribution in [2.24, 2.45) is 4.99 Å². The molecule has 2 rings (SSSR count). The Labute approximate surface area is 159 Å². The first-order valence-corrected chi connectivity index (χ1v) is 8.58. The first kappa shape index (κ1) is 19.9. The van der Waals surface area contributed by atoms with Gasteiger partial charge >= 0.3 is 0 Å². The van der Waals surface area contributed by atoms with E-state index in [1.54, 1.807) is 11.3 Å². The summed E-state index contributed by atoms with van der Waals surface area (Å²) < 4.78 is 0. The molecule has 1 atom stereocenters. The summed E-state index contributed by atoms with van der Waals surface area (Å²) in [5, 5.41) is 7.79. The summed E-state index contributed by atoms with van der Waals surface area (Å²) >= 11 is 1.73. The fourth-order valence-electron chi connectivity index (χ4n) is 2.08. The average Bonchev–Trinajstić information content (AvgIpc) is 3.01. The van der Waals surface area contributed by atoms with Crippen LogP contribution in [0.15, 0.2) is 41.5 Å². The Kier molecular flexibility index (Phi) is 9.16. The zero-order chi connectivity index (χ0) is 15.8. The molecule has 0 radical (unpaired) electrons. The highest BCUT2D eigenvalue weighted by atomic mass is 127. The lowest BCUT2D eigenvalue weighted by atomic mass is 10.1. The van der Waals surface area contributed by atoms with E-state index in [2.05, 4.69) is 65.6 Å². The lowest BCUT2D eigenvalue weighted by Crippen LogP contribution is -2.38. The van der Waals surface area contributed by atoms with E-state index in [1.807, 2.05) is 12.3 Å². The average molecular weight is 444 g/mol. The summed E-state index contributed by atoms with van der Waals surface area (Å²) in [4.78, 5) is 10.4. The van der Waals surface area contributed by atoms with Crippen molar-refractivity contribution in [2.45, 2.75) is 39.8 Å². The summed E-state index contributed by atoms with van der Waals surface area (Å²) in [6, 6.07) is 10.6. The molecule has 0 amide bonds. The van der Waals surface area contributed by atoms with E-state index in [-0.39, 0.29) is 30.0 Å². The van der Waals surface area contributed by atoms with Crippen molar-refractivity contribution in [3.05, 3.63) is 52.0 Å². The van der Waals surface area contributed by atoms with Gasteiger partial charge in [-0.2, -0.15) is 0 Å². The van der Waals surface area contributed by atoms with E-state index in [0.29, 0.717) is 6.54 Å². The number of benzene rings is 1. The molecule has 4 nitrogen and oxygen atoms in total. The number of hydrogen-bond donors (Lipinski definition) is 2.